The number of carbonyl (C=O) groups excluding carboxylic acids is 1. The highest BCUT2D eigenvalue weighted by Crippen LogP contribution is 2.28. The molecule has 0 bridgehead atoms. The van der Waals surface area contributed by atoms with E-state index in [1.807, 2.05) is 6.92 Å². The molecule has 2 heterocycles. The van der Waals surface area contributed by atoms with Gasteiger partial charge in [0, 0.05) is 5.75 Å². The van der Waals surface area contributed by atoms with Gasteiger partial charge in [-0.2, -0.15) is 0 Å². The molecule has 90 valence electrons. The second kappa shape index (κ2) is 4.25. The van der Waals surface area contributed by atoms with Crippen LogP contribution in [0, 0.1) is 0 Å². The van der Waals surface area contributed by atoms with Crippen LogP contribution in [0.25, 0.3) is 0 Å². The van der Waals surface area contributed by atoms with Gasteiger partial charge in [0.15, 0.2) is 0 Å². The first-order valence-electron chi connectivity index (χ1n) is 5.41. The SMILES string of the molecule is CC1(C(=O)N2CSCC2C(=O)O)CCCN1. The Bertz CT molecular complexity index is 315. The fourth-order valence-corrected chi connectivity index (χ4v) is 3.39. The van der Waals surface area contributed by atoms with Crippen LogP contribution in [-0.4, -0.2) is 51.6 Å². The topological polar surface area (TPSA) is 69.6 Å². The van der Waals surface area contributed by atoms with Gasteiger partial charge in [0.1, 0.15) is 6.04 Å². The van der Waals surface area contributed by atoms with Gasteiger partial charge in [-0.15, -0.1) is 11.8 Å². The van der Waals surface area contributed by atoms with Crippen LogP contribution in [0.15, 0.2) is 0 Å². The monoisotopic (exact) mass is 244 g/mol. The number of nitrogens with one attached hydrogen (secondary N) is 1. The van der Waals surface area contributed by atoms with Crippen molar-refractivity contribution < 1.29 is 14.7 Å². The number of amides is 1. The minimum atomic E-state index is -0.903. The summed E-state index contributed by atoms with van der Waals surface area (Å²) < 4.78 is 0. The summed E-state index contributed by atoms with van der Waals surface area (Å²) in [5.41, 5.74) is -0.557. The van der Waals surface area contributed by atoms with Gasteiger partial charge in [-0.1, -0.05) is 0 Å². The summed E-state index contributed by atoms with van der Waals surface area (Å²) in [6.45, 7) is 2.70. The highest BCUT2D eigenvalue weighted by Gasteiger charge is 2.44. The highest BCUT2D eigenvalue weighted by molar-refractivity contribution is 7.99. The standard InChI is InChI=1S/C10H16N2O3S/c1-10(3-2-4-11-10)9(15)12-6-16-5-7(12)8(13)14/h7,11H,2-6H2,1H3,(H,13,14). The summed E-state index contributed by atoms with van der Waals surface area (Å²) in [7, 11) is 0. The summed E-state index contributed by atoms with van der Waals surface area (Å²) in [6, 6.07) is -0.656. The number of aliphatic carboxylic acids is 1. The Morgan fingerprint density at radius 3 is 2.88 bits per heavy atom. The molecule has 0 aromatic carbocycles. The van der Waals surface area contributed by atoms with E-state index in [4.69, 9.17) is 5.11 Å². The zero-order chi connectivity index (χ0) is 11.8. The first-order chi connectivity index (χ1) is 7.54. The Kier molecular flexibility index (Phi) is 3.12. The van der Waals surface area contributed by atoms with E-state index in [2.05, 4.69) is 5.32 Å². The third-order valence-corrected chi connectivity index (χ3v) is 4.28. The number of carbonyl (C=O) groups is 2. The molecule has 0 aliphatic carbocycles. The van der Waals surface area contributed by atoms with Gasteiger partial charge in [-0.3, -0.25) is 4.79 Å². The maximum absolute atomic E-state index is 12.3. The lowest BCUT2D eigenvalue weighted by Gasteiger charge is -2.30. The summed E-state index contributed by atoms with van der Waals surface area (Å²) >= 11 is 1.50. The van der Waals surface area contributed by atoms with Gasteiger partial charge in [-0.25, -0.2) is 4.79 Å². The minimum absolute atomic E-state index is 0.0672. The number of hydrogen-bond acceptors (Lipinski definition) is 4. The van der Waals surface area contributed by atoms with Crippen LogP contribution in [0.3, 0.4) is 0 Å². The number of carboxylic acid groups (broad SMARTS) is 1. The molecular formula is C10H16N2O3S. The quantitative estimate of drug-likeness (QED) is 0.722. The molecule has 2 saturated heterocycles. The number of nitrogens with zero attached hydrogens (tertiary/aromatic N) is 1. The Balaban J connectivity index is 2.12. The predicted molar refractivity (Wildman–Crippen MR) is 61.2 cm³/mol. The van der Waals surface area contributed by atoms with Crippen LogP contribution in [0.1, 0.15) is 19.8 Å². The summed E-state index contributed by atoms with van der Waals surface area (Å²) in [4.78, 5) is 24.8. The van der Waals surface area contributed by atoms with E-state index in [-0.39, 0.29) is 5.91 Å². The van der Waals surface area contributed by atoms with Crippen molar-refractivity contribution in [2.24, 2.45) is 0 Å². The second-order valence-electron chi connectivity index (χ2n) is 4.49. The van der Waals surface area contributed by atoms with Gasteiger partial charge < -0.3 is 15.3 Å². The third-order valence-electron chi connectivity index (χ3n) is 3.27. The number of rotatable bonds is 2. The second-order valence-corrected chi connectivity index (χ2v) is 5.49. The molecule has 2 atom stereocenters. The molecule has 2 N–H and O–H groups in total. The molecule has 2 aliphatic rings. The van der Waals surface area contributed by atoms with Crippen molar-refractivity contribution >= 4 is 23.6 Å². The molecule has 5 nitrogen and oxygen atoms in total. The molecule has 1 amide bonds. The van der Waals surface area contributed by atoms with Crippen molar-refractivity contribution in [3.05, 3.63) is 0 Å². The fourth-order valence-electron chi connectivity index (χ4n) is 2.24. The van der Waals surface area contributed by atoms with Crippen LogP contribution in [0.5, 0.6) is 0 Å². The van der Waals surface area contributed by atoms with Crippen molar-refractivity contribution in [2.45, 2.75) is 31.3 Å². The first kappa shape index (κ1) is 11.7. The summed E-state index contributed by atoms with van der Waals surface area (Å²) in [5.74, 6) is 0.0203. The third kappa shape index (κ3) is 1.91. The molecule has 0 aromatic heterocycles. The summed E-state index contributed by atoms with van der Waals surface area (Å²) in [6.07, 6.45) is 1.76. The molecular weight excluding hydrogens is 228 g/mol. The van der Waals surface area contributed by atoms with Crippen molar-refractivity contribution in [1.82, 2.24) is 10.2 Å². The van der Waals surface area contributed by atoms with E-state index < -0.39 is 17.6 Å². The van der Waals surface area contributed by atoms with E-state index in [0.717, 1.165) is 19.4 Å². The number of carboxylic acids is 1. The predicted octanol–water partition coefficient (Wildman–Crippen LogP) is 0.115. The van der Waals surface area contributed by atoms with Crippen molar-refractivity contribution in [2.75, 3.05) is 18.2 Å². The zero-order valence-corrected chi connectivity index (χ0v) is 10.0. The first-order valence-corrected chi connectivity index (χ1v) is 6.57. The van der Waals surface area contributed by atoms with Gasteiger partial charge in [0.05, 0.1) is 11.4 Å². The highest BCUT2D eigenvalue weighted by atomic mass is 32.2. The average molecular weight is 244 g/mol. The molecule has 2 aliphatic heterocycles. The Morgan fingerprint density at radius 1 is 1.56 bits per heavy atom. The van der Waals surface area contributed by atoms with Crippen LogP contribution in [0.4, 0.5) is 0 Å². The van der Waals surface area contributed by atoms with Crippen molar-refractivity contribution in [3.8, 4) is 0 Å². The molecule has 2 unspecified atom stereocenters. The normalized spacial score (nSPS) is 34.3. The molecule has 0 saturated carbocycles. The van der Waals surface area contributed by atoms with Gasteiger partial charge in [-0.05, 0) is 26.3 Å². The Morgan fingerprint density at radius 2 is 2.31 bits per heavy atom. The average Bonchev–Trinajstić information content (AvgIpc) is 2.85. The maximum Gasteiger partial charge on any atom is 0.327 e. The van der Waals surface area contributed by atoms with Crippen LogP contribution in [0.2, 0.25) is 0 Å². The maximum atomic E-state index is 12.3. The molecule has 16 heavy (non-hydrogen) atoms. The van der Waals surface area contributed by atoms with Crippen molar-refractivity contribution in [1.29, 1.82) is 0 Å². The Hall–Kier alpha value is -0.750. The lowest BCUT2D eigenvalue weighted by atomic mass is 9.98. The fraction of sp³-hybridized carbons (Fsp3) is 0.800. The minimum Gasteiger partial charge on any atom is -0.480 e. The van der Waals surface area contributed by atoms with Gasteiger partial charge in [0.2, 0.25) is 5.91 Å². The van der Waals surface area contributed by atoms with Crippen LogP contribution < -0.4 is 5.32 Å². The number of thioether (sulfide) groups is 1. The van der Waals surface area contributed by atoms with E-state index in [9.17, 15) is 9.59 Å². The molecule has 0 aromatic rings. The van der Waals surface area contributed by atoms with E-state index >= 15 is 0 Å². The van der Waals surface area contributed by atoms with E-state index in [1.165, 1.54) is 16.7 Å². The van der Waals surface area contributed by atoms with Crippen molar-refractivity contribution in [3.63, 3.8) is 0 Å². The molecule has 0 radical (unpaired) electrons. The molecule has 6 heteroatoms. The molecule has 2 fully saturated rings. The lowest BCUT2D eigenvalue weighted by molar-refractivity contribution is -0.150. The van der Waals surface area contributed by atoms with Gasteiger partial charge >= 0.3 is 5.97 Å². The lowest BCUT2D eigenvalue weighted by Crippen LogP contribution is -2.55. The zero-order valence-electron chi connectivity index (χ0n) is 9.23. The molecule has 0 spiro atoms. The Labute approximate surface area is 98.6 Å². The summed E-state index contributed by atoms with van der Waals surface area (Å²) in [5, 5.41) is 12.2. The van der Waals surface area contributed by atoms with E-state index in [1.54, 1.807) is 0 Å². The molecule has 2 rings (SSSR count). The smallest absolute Gasteiger partial charge is 0.327 e. The largest absolute Gasteiger partial charge is 0.480 e. The van der Waals surface area contributed by atoms with Crippen LogP contribution >= 0.6 is 11.8 Å². The number of hydrogen-bond donors (Lipinski definition) is 2. The van der Waals surface area contributed by atoms with Gasteiger partial charge in [0.25, 0.3) is 0 Å². The van der Waals surface area contributed by atoms with E-state index in [0.29, 0.717) is 11.6 Å². The van der Waals surface area contributed by atoms with Crippen LogP contribution in [-0.2, 0) is 9.59 Å².